The number of rotatable bonds is 2. The summed E-state index contributed by atoms with van der Waals surface area (Å²) in [6, 6.07) is 13.2. The molecule has 4 nitrogen and oxygen atoms in total. The van der Waals surface area contributed by atoms with Gasteiger partial charge in [-0.3, -0.25) is 4.79 Å². The van der Waals surface area contributed by atoms with Crippen LogP contribution in [0.5, 0.6) is 0 Å². The Hall–Kier alpha value is -2.07. The topological polar surface area (TPSA) is 51.5 Å². The van der Waals surface area contributed by atoms with Gasteiger partial charge in [0.15, 0.2) is 6.23 Å². The number of benzene rings is 1. The second kappa shape index (κ2) is 4.66. The molecule has 1 aromatic heterocycles. The Morgan fingerprint density at radius 2 is 1.94 bits per heavy atom. The third-order valence-electron chi connectivity index (χ3n) is 2.93. The molecule has 1 N–H and O–H groups in total. The van der Waals surface area contributed by atoms with Crippen LogP contribution in [0.3, 0.4) is 0 Å². The van der Waals surface area contributed by atoms with Crippen molar-refractivity contribution in [2.75, 3.05) is 0 Å². The molecular formula is C14H13NO3. The molecular weight excluding hydrogens is 230 g/mol. The van der Waals surface area contributed by atoms with Gasteiger partial charge in [0.25, 0.3) is 0 Å². The molecule has 2 aromatic rings. The van der Waals surface area contributed by atoms with Crippen LogP contribution in [-0.4, -0.2) is 5.91 Å². The maximum absolute atomic E-state index is 11.7. The van der Waals surface area contributed by atoms with Gasteiger partial charge < -0.3 is 14.5 Å². The molecule has 1 aliphatic rings. The highest BCUT2D eigenvalue weighted by molar-refractivity contribution is 5.77. The molecule has 2 heterocycles. The van der Waals surface area contributed by atoms with Crippen LogP contribution in [0.25, 0.3) is 0 Å². The van der Waals surface area contributed by atoms with Gasteiger partial charge >= 0.3 is 0 Å². The summed E-state index contributed by atoms with van der Waals surface area (Å²) in [7, 11) is 0. The number of carbonyl (C=O) groups excluding carboxylic acids is 1. The van der Waals surface area contributed by atoms with Crippen LogP contribution in [-0.2, 0) is 9.53 Å². The molecule has 0 aliphatic carbocycles. The van der Waals surface area contributed by atoms with Crippen molar-refractivity contribution >= 4 is 5.91 Å². The molecule has 0 bridgehead atoms. The summed E-state index contributed by atoms with van der Waals surface area (Å²) in [6.45, 7) is 0. The minimum absolute atomic E-state index is 0.0310. The Morgan fingerprint density at radius 1 is 1.11 bits per heavy atom. The highest BCUT2D eigenvalue weighted by atomic mass is 16.5. The predicted octanol–water partition coefficient (Wildman–Crippen LogP) is 2.56. The zero-order valence-electron chi connectivity index (χ0n) is 9.71. The van der Waals surface area contributed by atoms with E-state index in [9.17, 15) is 4.79 Å². The highest BCUT2D eigenvalue weighted by Crippen LogP contribution is 2.31. The molecule has 0 radical (unpaired) electrons. The average molecular weight is 243 g/mol. The molecule has 0 saturated carbocycles. The van der Waals surface area contributed by atoms with E-state index in [1.165, 1.54) is 0 Å². The standard InChI is InChI=1S/C14H13NO3/c16-13-9-12(11-7-4-8-17-11)18-14(15-13)10-5-2-1-3-6-10/h1-8,12,14H,9H2,(H,15,16)/t12-,14-/m0/s1. The summed E-state index contributed by atoms with van der Waals surface area (Å²) < 4.78 is 11.2. The van der Waals surface area contributed by atoms with Crippen molar-refractivity contribution in [1.29, 1.82) is 0 Å². The van der Waals surface area contributed by atoms with Gasteiger partial charge in [0.1, 0.15) is 11.9 Å². The van der Waals surface area contributed by atoms with Crippen molar-refractivity contribution < 1.29 is 13.9 Å². The maximum Gasteiger partial charge on any atom is 0.225 e. The predicted molar refractivity (Wildman–Crippen MR) is 64.5 cm³/mol. The molecule has 92 valence electrons. The summed E-state index contributed by atoms with van der Waals surface area (Å²) in [5.74, 6) is 0.655. The Morgan fingerprint density at radius 3 is 2.67 bits per heavy atom. The summed E-state index contributed by atoms with van der Waals surface area (Å²) >= 11 is 0. The normalized spacial score (nSPS) is 23.7. The van der Waals surface area contributed by atoms with E-state index in [0.717, 1.165) is 5.56 Å². The number of nitrogens with one attached hydrogen (secondary N) is 1. The van der Waals surface area contributed by atoms with Gasteiger partial charge in [-0.25, -0.2) is 0 Å². The van der Waals surface area contributed by atoms with Crippen molar-refractivity contribution in [3.05, 3.63) is 60.1 Å². The average Bonchev–Trinajstić information content (AvgIpc) is 2.93. The molecule has 4 heteroatoms. The fraction of sp³-hybridized carbons (Fsp3) is 0.214. The fourth-order valence-corrected chi connectivity index (χ4v) is 2.05. The fourth-order valence-electron chi connectivity index (χ4n) is 2.05. The first-order chi connectivity index (χ1) is 8.83. The van der Waals surface area contributed by atoms with Crippen molar-refractivity contribution in [3.8, 4) is 0 Å². The summed E-state index contributed by atoms with van der Waals surface area (Å²) in [6.07, 6.45) is 1.14. The first-order valence-electron chi connectivity index (χ1n) is 5.86. The van der Waals surface area contributed by atoms with E-state index in [1.807, 2.05) is 36.4 Å². The lowest BCUT2D eigenvalue weighted by atomic mass is 10.1. The molecule has 1 amide bonds. The molecule has 2 atom stereocenters. The minimum Gasteiger partial charge on any atom is -0.467 e. The smallest absolute Gasteiger partial charge is 0.225 e. The van der Waals surface area contributed by atoms with Gasteiger partial charge in [-0.2, -0.15) is 0 Å². The van der Waals surface area contributed by atoms with Crippen LogP contribution in [0.4, 0.5) is 0 Å². The lowest BCUT2D eigenvalue weighted by Crippen LogP contribution is -2.37. The van der Waals surface area contributed by atoms with Gasteiger partial charge in [0.2, 0.25) is 5.91 Å². The molecule has 3 rings (SSSR count). The Balaban J connectivity index is 1.83. The lowest BCUT2D eigenvalue weighted by molar-refractivity contribution is -0.144. The van der Waals surface area contributed by atoms with E-state index in [4.69, 9.17) is 9.15 Å². The summed E-state index contributed by atoms with van der Waals surface area (Å²) in [5.41, 5.74) is 0.933. The van der Waals surface area contributed by atoms with Gasteiger partial charge in [0.05, 0.1) is 12.7 Å². The summed E-state index contributed by atoms with van der Waals surface area (Å²) in [4.78, 5) is 11.7. The number of hydrogen-bond donors (Lipinski definition) is 1. The van der Waals surface area contributed by atoms with Crippen LogP contribution in [0.2, 0.25) is 0 Å². The largest absolute Gasteiger partial charge is 0.467 e. The SMILES string of the molecule is O=C1C[C@@H](c2ccco2)O[C@@H](c2ccccc2)N1. The van der Waals surface area contributed by atoms with E-state index in [-0.39, 0.29) is 18.4 Å². The van der Waals surface area contributed by atoms with Crippen LogP contribution >= 0.6 is 0 Å². The zero-order chi connectivity index (χ0) is 12.4. The second-order valence-electron chi connectivity index (χ2n) is 4.20. The van der Waals surface area contributed by atoms with E-state index in [0.29, 0.717) is 5.76 Å². The number of carbonyl (C=O) groups is 1. The van der Waals surface area contributed by atoms with Crippen molar-refractivity contribution in [1.82, 2.24) is 5.32 Å². The van der Waals surface area contributed by atoms with Crippen molar-refractivity contribution in [2.24, 2.45) is 0 Å². The Kier molecular flexibility index (Phi) is 2.86. The monoisotopic (exact) mass is 243 g/mol. The molecule has 1 aromatic carbocycles. The van der Waals surface area contributed by atoms with Gasteiger partial charge in [-0.1, -0.05) is 30.3 Å². The third-order valence-corrected chi connectivity index (χ3v) is 2.93. The number of furan rings is 1. The van der Waals surface area contributed by atoms with E-state index in [1.54, 1.807) is 12.3 Å². The van der Waals surface area contributed by atoms with Gasteiger partial charge in [0, 0.05) is 5.56 Å². The molecule has 0 spiro atoms. The van der Waals surface area contributed by atoms with Crippen molar-refractivity contribution in [3.63, 3.8) is 0 Å². The van der Waals surface area contributed by atoms with Crippen molar-refractivity contribution in [2.45, 2.75) is 18.8 Å². The number of hydrogen-bond acceptors (Lipinski definition) is 3. The van der Waals surface area contributed by atoms with Gasteiger partial charge in [-0.15, -0.1) is 0 Å². The summed E-state index contributed by atoms with van der Waals surface area (Å²) in [5, 5.41) is 2.82. The van der Waals surface area contributed by atoms with E-state index in [2.05, 4.69) is 5.32 Å². The highest BCUT2D eigenvalue weighted by Gasteiger charge is 2.30. The minimum atomic E-state index is -0.414. The second-order valence-corrected chi connectivity index (χ2v) is 4.20. The molecule has 18 heavy (non-hydrogen) atoms. The Labute approximate surface area is 105 Å². The van der Waals surface area contributed by atoms with Crippen LogP contribution < -0.4 is 5.32 Å². The van der Waals surface area contributed by atoms with E-state index >= 15 is 0 Å². The molecule has 1 fully saturated rings. The maximum atomic E-state index is 11.7. The van der Waals surface area contributed by atoms with E-state index < -0.39 is 6.23 Å². The lowest BCUT2D eigenvalue weighted by Gasteiger charge is -2.29. The Bertz CT molecular complexity index is 521. The van der Waals surface area contributed by atoms with Crippen LogP contribution in [0, 0.1) is 0 Å². The molecule has 0 unspecified atom stereocenters. The third kappa shape index (κ3) is 2.15. The molecule has 1 aliphatic heterocycles. The zero-order valence-corrected chi connectivity index (χ0v) is 9.71. The first kappa shape index (κ1) is 11.0. The van der Waals surface area contributed by atoms with Crippen LogP contribution in [0.15, 0.2) is 53.1 Å². The van der Waals surface area contributed by atoms with Gasteiger partial charge in [-0.05, 0) is 12.1 Å². The first-order valence-corrected chi connectivity index (χ1v) is 5.86. The number of ether oxygens (including phenoxy) is 1. The quantitative estimate of drug-likeness (QED) is 0.881. The van der Waals surface area contributed by atoms with Crippen LogP contribution in [0.1, 0.15) is 30.1 Å². The number of amides is 1. The molecule has 1 saturated heterocycles.